The fourth-order valence-corrected chi connectivity index (χ4v) is 1.23. The minimum atomic E-state index is 0.0905. The van der Waals surface area contributed by atoms with E-state index in [1.54, 1.807) is 0 Å². The molecule has 66 valence electrons. The third-order valence-electron chi connectivity index (χ3n) is 2.40. The van der Waals surface area contributed by atoms with Gasteiger partial charge in [-0.3, -0.25) is 0 Å². The summed E-state index contributed by atoms with van der Waals surface area (Å²) in [6.45, 7) is 3.94. The maximum absolute atomic E-state index is 5.61. The van der Waals surface area contributed by atoms with E-state index in [0.29, 0.717) is 5.92 Å². The van der Waals surface area contributed by atoms with Crippen molar-refractivity contribution in [2.24, 2.45) is 5.92 Å². The van der Waals surface area contributed by atoms with Gasteiger partial charge in [0.2, 0.25) is 0 Å². The van der Waals surface area contributed by atoms with Crippen LogP contribution in [0.4, 0.5) is 0 Å². The third-order valence-corrected chi connectivity index (χ3v) is 2.40. The van der Waals surface area contributed by atoms with E-state index in [-0.39, 0.29) is 6.29 Å². The first-order chi connectivity index (χ1) is 5.83. The number of hydrogen-bond acceptors (Lipinski definition) is 2. The fourth-order valence-electron chi connectivity index (χ4n) is 1.23. The normalized spacial score (nSPS) is 27.1. The van der Waals surface area contributed by atoms with Crippen molar-refractivity contribution < 1.29 is 9.47 Å². The van der Waals surface area contributed by atoms with Crippen molar-refractivity contribution in [2.45, 2.75) is 37.6 Å². The van der Waals surface area contributed by atoms with E-state index in [2.05, 4.69) is 24.6 Å². The van der Waals surface area contributed by atoms with E-state index in [1.165, 1.54) is 17.9 Å². The summed E-state index contributed by atoms with van der Waals surface area (Å²) >= 11 is 2.19. The molecule has 1 unspecified atom stereocenters. The molecule has 2 nitrogen and oxygen atoms in total. The third kappa shape index (κ3) is 3.96. The van der Waals surface area contributed by atoms with E-state index in [4.69, 9.17) is 9.47 Å². The van der Waals surface area contributed by atoms with Gasteiger partial charge in [-0.1, -0.05) is 0 Å². The topological polar surface area (TPSA) is 18.5 Å². The minimum absolute atomic E-state index is 0.0905. The second kappa shape index (κ2) is 6.04. The molecule has 0 bridgehead atoms. The van der Waals surface area contributed by atoms with Gasteiger partial charge in [0.1, 0.15) is 0 Å². The molecular weight excluding hydrogens is 147 g/mol. The zero-order chi connectivity index (χ0) is 8.81. The molecular formula is C9H17LiO2. The number of hydrogen-bond donors (Lipinski definition) is 0. The maximum atomic E-state index is 5.61. The van der Waals surface area contributed by atoms with Crippen LogP contribution >= 0.6 is 0 Å². The summed E-state index contributed by atoms with van der Waals surface area (Å²) in [6.07, 6.45) is 3.62. The average molecular weight is 164 g/mol. The van der Waals surface area contributed by atoms with E-state index in [9.17, 15) is 0 Å². The van der Waals surface area contributed by atoms with Gasteiger partial charge in [-0.2, -0.15) is 0 Å². The molecule has 1 rings (SSSR count). The van der Waals surface area contributed by atoms with Gasteiger partial charge >= 0.3 is 83.9 Å². The van der Waals surface area contributed by atoms with Gasteiger partial charge in [-0.15, -0.1) is 0 Å². The van der Waals surface area contributed by atoms with E-state index < -0.39 is 0 Å². The zero-order valence-electron chi connectivity index (χ0n) is 8.21. The number of rotatable bonds is 4. The second-order valence-electron chi connectivity index (χ2n) is 3.64. The molecule has 0 aromatic carbocycles. The summed E-state index contributed by atoms with van der Waals surface area (Å²) in [4.78, 5) is 0. The van der Waals surface area contributed by atoms with Crippen LogP contribution in [-0.2, 0) is 9.47 Å². The Bertz CT molecular complexity index is 113. The first-order valence-corrected chi connectivity index (χ1v) is 5.06. The first kappa shape index (κ1) is 10.6. The predicted octanol–water partition coefficient (Wildman–Crippen LogP) is 1.75. The molecule has 1 saturated heterocycles. The van der Waals surface area contributed by atoms with Crippen molar-refractivity contribution in [3.63, 3.8) is 0 Å². The van der Waals surface area contributed by atoms with Crippen LogP contribution in [0.1, 0.15) is 26.2 Å². The molecule has 1 aliphatic rings. The van der Waals surface area contributed by atoms with Crippen LogP contribution < -0.4 is 0 Å². The summed E-state index contributed by atoms with van der Waals surface area (Å²) in [5.41, 5.74) is 0. The van der Waals surface area contributed by atoms with Crippen molar-refractivity contribution in [3.05, 3.63) is 0 Å². The Hall–Kier alpha value is 0.517. The Morgan fingerprint density at radius 3 is 3.00 bits per heavy atom. The van der Waals surface area contributed by atoms with Crippen molar-refractivity contribution in [1.29, 1.82) is 0 Å². The molecule has 1 heterocycles. The first-order valence-electron chi connectivity index (χ1n) is 5.06. The SMILES string of the molecule is [Li][CH2][C@@H](C)COC1CCCCO1. The van der Waals surface area contributed by atoms with Gasteiger partial charge in [0.15, 0.2) is 0 Å². The van der Waals surface area contributed by atoms with Crippen LogP contribution in [0.15, 0.2) is 0 Å². The quantitative estimate of drug-likeness (QED) is 0.589. The van der Waals surface area contributed by atoms with Crippen LogP contribution in [0.2, 0.25) is 5.09 Å². The van der Waals surface area contributed by atoms with Crippen LogP contribution in [0.25, 0.3) is 0 Å². The van der Waals surface area contributed by atoms with Crippen molar-refractivity contribution in [3.8, 4) is 0 Å². The fraction of sp³-hybridized carbons (Fsp3) is 1.00. The van der Waals surface area contributed by atoms with Crippen LogP contribution in [0, 0.1) is 5.92 Å². The van der Waals surface area contributed by atoms with Gasteiger partial charge in [-0.05, 0) is 0 Å². The molecule has 12 heavy (non-hydrogen) atoms. The Morgan fingerprint density at radius 1 is 1.58 bits per heavy atom. The Labute approximate surface area is 84.2 Å². The molecule has 0 saturated carbocycles. The summed E-state index contributed by atoms with van der Waals surface area (Å²) in [5, 5.41) is 1.19. The molecule has 0 N–H and O–H groups in total. The molecule has 1 aliphatic heterocycles. The summed E-state index contributed by atoms with van der Waals surface area (Å²) < 4.78 is 11.1. The summed E-state index contributed by atoms with van der Waals surface area (Å²) in [7, 11) is 0. The van der Waals surface area contributed by atoms with Gasteiger partial charge in [0.05, 0.1) is 0 Å². The van der Waals surface area contributed by atoms with E-state index in [1.807, 2.05) is 0 Å². The van der Waals surface area contributed by atoms with Gasteiger partial charge < -0.3 is 0 Å². The van der Waals surface area contributed by atoms with Gasteiger partial charge in [0, 0.05) is 0 Å². The second-order valence-corrected chi connectivity index (χ2v) is 3.64. The molecule has 0 amide bonds. The Morgan fingerprint density at radius 2 is 2.42 bits per heavy atom. The predicted molar refractivity (Wildman–Crippen MR) is 49.3 cm³/mol. The molecule has 0 aromatic rings. The summed E-state index contributed by atoms with van der Waals surface area (Å²) in [5.74, 6) is 0.663. The van der Waals surface area contributed by atoms with E-state index >= 15 is 0 Å². The zero-order valence-corrected chi connectivity index (χ0v) is 8.21. The average Bonchev–Trinajstić information content (AvgIpc) is 2.16. The van der Waals surface area contributed by atoms with Crippen molar-refractivity contribution >= 4 is 17.7 Å². The Balaban J connectivity index is 2.05. The van der Waals surface area contributed by atoms with Gasteiger partial charge in [-0.25, -0.2) is 0 Å². The molecule has 1 fully saturated rings. The molecule has 3 heteroatoms. The Kier molecular flexibility index (Phi) is 5.34. The van der Waals surface area contributed by atoms with E-state index in [0.717, 1.165) is 19.6 Å². The van der Waals surface area contributed by atoms with Crippen LogP contribution in [0.5, 0.6) is 0 Å². The standard InChI is InChI=1S/C9H17O2.Li/c1-8(2)7-11-9-5-3-4-6-10-9;/h8-9H,1,3-7H2,2H3;/t8-,9?;/m0./s1. The van der Waals surface area contributed by atoms with Gasteiger partial charge in [0.25, 0.3) is 0 Å². The number of ether oxygens (including phenoxy) is 2. The molecule has 0 aliphatic carbocycles. The van der Waals surface area contributed by atoms with Crippen molar-refractivity contribution in [2.75, 3.05) is 13.2 Å². The van der Waals surface area contributed by atoms with Crippen LogP contribution in [-0.4, -0.2) is 37.2 Å². The van der Waals surface area contributed by atoms with Crippen molar-refractivity contribution in [1.82, 2.24) is 0 Å². The molecule has 0 spiro atoms. The molecule has 0 aromatic heterocycles. The van der Waals surface area contributed by atoms with Crippen LogP contribution in [0.3, 0.4) is 0 Å². The molecule has 2 atom stereocenters. The monoisotopic (exact) mass is 164 g/mol. The molecule has 0 radical (unpaired) electrons. The summed E-state index contributed by atoms with van der Waals surface area (Å²) in [6, 6.07) is 0.